The summed E-state index contributed by atoms with van der Waals surface area (Å²) in [6, 6.07) is 13.1. The van der Waals surface area contributed by atoms with Crippen LogP contribution >= 0.6 is 11.6 Å². The van der Waals surface area contributed by atoms with Crippen LogP contribution in [0.25, 0.3) is 0 Å². The normalized spacial score (nSPS) is 20.9. The third-order valence-electron chi connectivity index (χ3n) is 5.80. The van der Waals surface area contributed by atoms with Gasteiger partial charge in [0.05, 0.1) is 5.92 Å². The largest absolute Gasteiger partial charge is 0.371 e. The first-order valence-corrected chi connectivity index (χ1v) is 10.0. The number of imide groups is 1. The molecular formula is C22H22ClFN2O2. The molecule has 0 spiro atoms. The number of carbonyl (C=O) groups excluding carboxylic acids is 2. The van der Waals surface area contributed by atoms with E-state index in [2.05, 4.69) is 22.3 Å². The summed E-state index contributed by atoms with van der Waals surface area (Å²) in [5, 5.41) is 3.04. The molecule has 2 heterocycles. The average Bonchev–Trinajstić information content (AvgIpc) is 2.69. The highest BCUT2D eigenvalue weighted by Gasteiger charge is 2.30. The maximum absolute atomic E-state index is 14.7. The Morgan fingerprint density at radius 3 is 2.36 bits per heavy atom. The molecule has 0 bridgehead atoms. The summed E-state index contributed by atoms with van der Waals surface area (Å²) in [4.78, 5) is 25.5. The SMILES string of the molecule is O=C1CCC(c2ccc(N3CCC(c4ccc(Cl)cc4)CC3)cc2F)C(=O)N1. The standard InChI is InChI=1S/C22H22ClFN2O2/c23-16-3-1-14(2-4-16)15-9-11-26(12-10-15)17-5-6-18(20(24)13-17)19-7-8-21(27)25-22(19)28/h1-6,13,15,19H,7-12H2,(H,25,27,28). The maximum atomic E-state index is 14.7. The van der Waals surface area contributed by atoms with Crippen molar-refractivity contribution in [1.29, 1.82) is 0 Å². The molecule has 2 aliphatic rings. The van der Waals surface area contributed by atoms with Crippen molar-refractivity contribution in [3.63, 3.8) is 0 Å². The second-order valence-electron chi connectivity index (χ2n) is 7.52. The van der Waals surface area contributed by atoms with Gasteiger partial charge in [-0.2, -0.15) is 0 Å². The highest BCUT2D eigenvalue weighted by molar-refractivity contribution is 6.30. The number of halogens is 2. The molecule has 6 heteroatoms. The Bertz CT molecular complexity index is 892. The van der Waals surface area contributed by atoms with Crippen molar-refractivity contribution in [2.24, 2.45) is 0 Å². The third kappa shape index (κ3) is 3.90. The lowest BCUT2D eigenvalue weighted by atomic mass is 9.88. The number of benzene rings is 2. The summed E-state index contributed by atoms with van der Waals surface area (Å²) in [6.07, 6.45) is 2.60. The molecule has 0 aromatic heterocycles. The van der Waals surface area contributed by atoms with E-state index >= 15 is 0 Å². The van der Waals surface area contributed by atoms with Crippen molar-refractivity contribution >= 4 is 29.1 Å². The van der Waals surface area contributed by atoms with Gasteiger partial charge in [-0.05, 0) is 55.0 Å². The molecule has 2 aromatic rings. The fourth-order valence-corrected chi connectivity index (χ4v) is 4.32. The van der Waals surface area contributed by atoms with E-state index in [-0.39, 0.29) is 18.1 Å². The molecule has 0 saturated carbocycles. The van der Waals surface area contributed by atoms with Gasteiger partial charge in [-0.3, -0.25) is 14.9 Å². The number of anilines is 1. The van der Waals surface area contributed by atoms with Gasteiger partial charge in [0, 0.05) is 35.8 Å². The van der Waals surface area contributed by atoms with Crippen molar-refractivity contribution in [2.45, 2.75) is 37.5 Å². The Kier molecular flexibility index (Phi) is 5.36. The van der Waals surface area contributed by atoms with E-state index in [1.54, 1.807) is 6.07 Å². The number of rotatable bonds is 3. The van der Waals surface area contributed by atoms with E-state index < -0.39 is 11.8 Å². The van der Waals surface area contributed by atoms with Gasteiger partial charge in [0.1, 0.15) is 5.82 Å². The molecule has 2 aliphatic heterocycles. The van der Waals surface area contributed by atoms with Crippen LogP contribution in [-0.2, 0) is 9.59 Å². The fraction of sp³-hybridized carbons (Fsp3) is 0.364. The Morgan fingerprint density at radius 1 is 1.00 bits per heavy atom. The van der Waals surface area contributed by atoms with Crippen molar-refractivity contribution in [1.82, 2.24) is 5.32 Å². The Hall–Kier alpha value is -2.40. The first-order valence-electron chi connectivity index (χ1n) is 9.65. The number of piperidine rings is 2. The van der Waals surface area contributed by atoms with Crippen molar-refractivity contribution in [3.8, 4) is 0 Å². The van der Waals surface area contributed by atoms with E-state index in [9.17, 15) is 14.0 Å². The molecule has 1 atom stereocenters. The lowest BCUT2D eigenvalue weighted by molar-refractivity contribution is -0.134. The van der Waals surface area contributed by atoms with Crippen LogP contribution in [0.2, 0.25) is 5.02 Å². The van der Waals surface area contributed by atoms with E-state index in [4.69, 9.17) is 11.6 Å². The number of hydrogen-bond acceptors (Lipinski definition) is 3. The van der Waals surface area contributed by atoms with Crippen LogP contribution in [-0.4, -0.2) is 24.9 Å². The molecule has 2 amide bonds. The quantitative estimate of drug-likeness (QED) is 0.777. The second kappa shape index (κ2) is 7.92. The third-order valence-corrected chi connectivity index (χ3v) is 6.05. The second-order valence-corrected chi connectivity index (χ2v) is 7.96. The van der Waals surface area contributed by atoms with Crippen LogP contribution in [0.1, 0.15) is 48.6 Å². The number of nitrogens with one attached hydrogen (secondary N) is 1. The molecular weight excluding hydrogens is 379 g/mol. The Balaban J connectivity index is 1.43. The molecule has 28 heavy (non-hydrogen) atoms. The lowest BCUT2D eigenvalue weighted by Gasteiger charge is -2.34. The van der Waals surface area contributed by atoms with Crippen LogP contribution in [0.15, 0.2) is 42.5 Å². The first kappa shape index (κ1) is 18.9. The van der Waals surface area contributed by atoms with Crippen LogP contribution < -0.4 is 10.2 Å². The fourth-order valence-electron chi connectivity index (χ4n) is 4.19. The van der Waals surface area contributed by atoms with Crippen LogP contribution in [0, 0.1) is 5.82 Å². The van der Waals surface area contributed by atoms with Gasteiger partial charge >= 0.3 is 0 Å². The summed E-state index contributed by atoms with van der Waals surface area (Å²) >= 11 is 5.97. The van der Waals surface area contributed by atoms with Gasteiger partial charge in [0.2, 0.25) is 11.8 Å². The molecule has 1 unspecified atom stereocenters. The van der Waals surface area contributed by atoms with Crippen LogP contribution in [0.5, 0.6) is 0 Å². The zero-order valence-corrected chi connectivity index (χ0v) is 16.2. The molecule has 4 nitrogen and oxygen atoms in total. The monoisotopic (exact) mass is 400 g/mol. The molecule has 2 saturated heterocycles. The smallest absolute Gasteiger partial charge is 0.234 e. The summed E-state index contributed by atoms with van der Waals surface area (Å²) in [5.74, 6) is -1.19. The van der Waals surface area contributed by atoms with E-state index in [1.807, 2.05) is 18.2 Å². The van der Waals surface area contributed by atoms with Gasteiger partial charge in [0.15, 0.2) is 0 Å². The van der Waals surface area contributed by atoms with Gasteiger partial charge in [-0.15, -0.1) is 0 Å². The van der Waals surface area contributed by atoms with Gasteiger partial charge in [-0.1, -0.05) is 29.8 Å². The maximum Gasteiger partial charge on any atom is 0.234 e. The summed E-state index contributed by atoms with van der Waals surface area (Å²) in [5.41, 5.74) is 2.50. The molecule has 2 fully saturated rings. The summed E-state index contributed by atoms with van der Waals surface area (Å²) in [6.45, 7) is 1.70. The molecule has 1 N–H and O–H groups in total. The first-order chi connectivity index (χ1) is 13.5. The highest BCUT2D eigenvalue weighted by atomic mass is 35.5. The number of nitrogens with zero attached hydrogens (tertiary/aromatic N) is 1. The molecule has 0 aliphatic carbocycles. The van der Waals surface area contributed by atoms with Crippen LogP contribution in [0.3, 0.4) is 0 Å². The lowest BCUT2D eigenvalue weighted by Crippen LogP contribution is -2.39. The predicted octanol–water partition coefficient (Wildman–Crippen LogP) is 4.38. The van der Waals surface area contributed by atoms with Gasteiger partial charge in [0.25, 0.3) is 0 Å². The van der Waals surface area contributed by atoms with Crippen LogP contribution in [0.4, 0.5) is 10.1 Å². The zero-order valence-electron chi connectivity index (χ0n) is 15.5. The molecule has 146 valence electrons. The van der Waals surface area contributed by atoms with Crippen molar-refractivity contribution in [2.75, 3.05) is 18.0 Å². The highest BCUT2D eigenvalue weighted by Crippen LogP contribution is 2.33. The molecule has 4 rings (SSSR count). The Labute approximate surface area is 168 Å². The number of carbonyl (C=O) groups is 2. The topological polar surface area (TPSA) is 49.4 Å². The van der Waals surface area contributed by atoms with Gasteiger partial charge in [-0.25, -0.2) is 4.39 Å². The molecule has 2 aromatic carbocycles. The average molecular weight is 401 g/mol. The summed E-state index contributed by atoms with van der Waals surface area (Å²) < 4.78 is 14.7. The van der Waals surface area contributed by atoms with Gasteiger partial charge < -0.3 is 4.90 Å². The van der Waals surface area contributed by atoms with E-state index in [1.165, 1.54) is 11.6 Å². The van der Waals surface area contributed by atoms with E-state index in [0.29, 0.717) is 17.9 Å². The molecule has 0 radical (unpaired) electrons. The summed E-state index contributed by atoms with van der Waals surface area (Å²) in [7, 11) is 0. The minimum atomic E-state index is -0.595. The minimum absolute atomic E-state index is 0.246. The van der Waals surface area contributed by atoms with E-state index in [0.717, 1.165) is 36.6 Å². The Morgan fingerprint density at radius 2 is 1.71 bits per heavy atom. The number of hydrogen-bond donors (Lipinski definition) is 1. The van der Waals surface area contributed by atoms with Crippen molar-refractivity contribution in [3.05, 3.63) is 64.4 Å². The number of amides is 2. The minimum Gasteiger partial charge on any atom is -0.371 e. The van der Waals surface area contributed by atoms with Crippen molar-refractivity contribution < 1.29 is 14.0 Å². The zero-order chi connectivity index (χ0) is 19.7. The predicted molar refractivity (Wildman–Crippen MR) is 107 cm³/mol.